The van der Waals surface area contributed by atoms with Crippen LogP contribution in [0.4, 0.5) is 5.69 Å². The summed E-state index contributed by atoms with van der Waals surface area (Å²) in [6, 6.07) is 5.92. The first kappa shape index (κ1) is 15.5. The molecule has 106 valence electrons. The van der Waals surface area contributed by atoms with E-state index < -0.39 is 0 Å². The van der Waals surface area contributed by atoms with Crippen LogP contribution < -0.4 is 5.73 Å². The van der Waals surface area contributed by atoms with Crippen LogP contribution in [0, 0.1) is 6.92 Å². The topological polar surface area (TPSA) is 49.6 Å². The molecule has 0 aliphatic heterocycles. The van der Waals surface area contributed by atoms with E-state index in [0.29, 0.717) is 6.54 Å². The fourth-order valence-electron chi connectivity index (χ4n) is 2.13. The monoisotopic (exact) mass is 263 g/mol. The molecule has 4 heteroatoms. The Bertz CT molecular complexity index is 427. The number of carbonyl (C=O) groups excluding carboxylic acids is 1. The molecule has 0 aliphatic carbocycles. The summed E-state index contributed by atoms with van der Waals surface area (Å²) in [5.41, 5.74) is 8.98. The number of hydrogen-bond donors (Lipinski definition) is 1. The van der Waals surface area contributed by atoms with Crippen LogP contribution in [0.2, 0.25) is 0 Å². The molecule has 1 rings (SSSR count). The van der Waals surface area contributed by atoms with Gasteiger partial charge in [-0.3, -0.25) is 9.69 Å². The summed E-state index contributed by atoms with van der Waals surface area (Å²) in [6.45, 7) is 8.73. The first-order chi connectivity index (χ1) is 8.99. The Kier molecular flexibility index (Phi) is 5.83. The first-order valence-electron chi connectivity index (χ1n) is 6.79. The van der Waals surface area contributed by atoms with Crippen molar-refractivity contribution in [3.63, 3.8) is 0 Å². The number of benzene rings is 1. The molecule has 0 saturated carbocycles. The van der Waals surface area contributed by atoms with Crippen LogP contribution in [0.15, 0.2) is 18.2 Å². The number of nitrogen functional groups attached to an aromatic ring is 1. The molecule has 0 spiro atoms. The average molecular weight is 263 g/mol. The van der Waals surface area contributed by atoms with Crippen LogP contribution in [0.1, 0.15) is 25.0 Å². The van der Waals surface area contributed by atoms with E-state index >= 15 is 0 Å². The average Bonchev–Trinajstić information content (AvgIpc) is 2.36. The molecule has 1 amide bonds. The third kappa shape index (κ3) is 4.24. The molecule has 1 aromatic carbocycles. The summed E-state index contributed by atoms with van der Waals surface area (Å²) in [4.78, 5) is 15.9. The predicted octanol–water partition coefficient (Wildman–Crippen LogP) is 1.88. The SMILES string of the molecule is CCN(CC)C(=O)CN(C)Cc1cccc(N)c1C. The fourth-order valence-corrected chi connectivity index (χ4v) is 2.13. The maximum Gasteiger partial charge on any atom is 0.236 e. The quantitative estimate of drug-likeness (QED) is 0.797. The van der Waals surface area contributed by atoms with Crippen LogP contribution in [-0.2, 0) is 11.3 Å². The van der Waals surface area contributed by atoms with Gasteiger partial charge in [0.15, 0.2) is 0 Å². The van der Waals surface area contributed by atoms with E-state index in [0.717, 1.165) is 30.9 Å². The number of amides is 1. The smallest absolute Gasteiger partial charge is 0.236 e. The van der Waals surface area contributed by atoms with Gasteiger partial charge in [-0.15, -0.1) is 0 Å². The van der Waals surface area contributed by atoms with E-state index in [-0.39, 0.29) is 5.91 Å². The van der Waals surface area contributed by atoms with Gasteiger partial charge in [0.25, 0.3) is 0 Å². The van der Waals surface area contributed by atoms with Crippen molar-refractivity contribution in [3.8, 4) is 0 Å². The van der Waals surface area contributed by atoms with Crippen molar-refractivity contribution in [2.75, 3.05) is 32.4 Å². The molecule has 4 nitrogen and oxygen atoms in total. The summed E-state index contributed by atoms with van der Waals surface area (Å²) in [7, 11) is 1.96. The molecule has 0 radical (unpaired) electrons. The van der Waals surface area contributed by atoms with Crippen LogP contribution in [0.3, 0.4) is 0 Å². The number of anilines is 1. The molecule has 1 aromatic rings. The summed E-state index contributed by atoms with van der Waals surface area (Å²) < 4.78 is 0. The zero-order valence-corrected chi connectivity index (χ0v) is 12.4. The Labute approximate surface area is 116 Å². The van der Waals surface area contributed by atoms with Gasteiger partial charge in [0, 0.05) is 25.3 Å². The van der Waals surface area contributed by atoms with Crippen LogP contribution in [0.5, 0.6) is 0 Å². The Morgan fingerprint density at radius 2 is 1.89 bits per heavy atom. The van der Waals surface area contributed by atoms with Crippen molar-refractivity contribution < 1.29 is 4.79 Å². The second-order valence-corrected chi connectivity index (χ2v) is 4.87. The Morgan fingerprint density at radius 3 is 2.47 bits per heavy atom. The first-order valence-corrected chi connectivity index (χ1v) is 6.79. The lowest BCUT2D eigenvalue weighted by atomic mass is 10.1. The van der Waals surface area contributed by atoms with Crippen molar-refractivity contribution >= 4 is 11.6 Å². The zero-order chi connectivity index (χ0) is 14.4. The fraction of sp³-hybridized carbons (Fsp3) is 0.533. The molecule has 0 fully saturated rings. The van der Waals surface area contributed by atoms with E-state index in [1.165, 1.54) is 5.56 Å². The molecular formula is C15H25N3O. The van der Waals surface area contributed by atoms with Gasteiger partial charge in [0.2, 0.25) is 5.91 Å². The highest BCUT2D eigenvalue weighted by atomic mass is 16.2. The van der Waals surface area contributed by atoms with Crippen molar-refractivity contribution in [1.29, 1.82) is 0 Å². The van der Waals surface area contributed by atoms with Gasteiger partial charge >= 0.3 is 0 Å². The number of likely N-dealkylation sites (N-methyl/N-ethyl adjacent to an activating group) is 2. The maximum atomic E-state index is 12.0. The number of nitrogens with zero attached hydrogens (tertiary/aromatic N) is 2. The lowest BCUT2D eigenvalue weighted by molar-refractivity contribution is -0.131. The normalized spacial score (nSPS) is 10.8. The van der Waals surface area contributed by atoms with Gasteiger partial charge in [-0.1, -0.05) is 12.1 Å². The van der Waals surface area contributed by atoms with Crippen molar-refractivity contribution in [3.05, 3.63) is 29.3 Å². The maximum absolute atomic E-state index is 12.0. The molecule has 0 heterocycles. The van der Waals surface area contributed by atoms with E-state index in [1.807, 2.05) is 49.8 Å². The summed E-state index contributed by atoms with van der Waals surface area (Å²) in [5, 5.41) is 0. The highest BCUT2D eigenvalue weighted by molar-refractivity contribution is 5.78. The van der Waals surface area contributed by atoms with Gasteiger partial charge < -0.3 is 10.6 Å². The number of hydrogen-bond acceptors (Lipinski definition) is 3. The van der Waals surface area contributed by atoms with Gasteiger partial charge in [0.05, 0.1) is 6.54 Å². The standard InChI is InChI=1S/C15H25N3O/c1-5-18(6-2)15(19)11-17(4)10-13-8-7-9-14(16)12(13)3/h7-9H,5-6,10-11,16H2,1-4H3. The van der Waals surface area contributed by atoms with E-state index in [2.05, 4.69) is 6.07 Å². The molecule has 0 aromatic heterocycles. The van der Waals surface area contributed by atoms with Crippen molar-refractivity contribution in [2.45, 2.75) is 27.3 Å². The molecule has 0 aliphatic rings. The summed E-state index contributed by atoms with van der Waals surface area (Å²) in [6.07, 6.45) is 0. The zero-order valence-electron chi connectivity index (χ0n) is 12.4. The number of carbonyl (C=O) groups is 1. The predicted molar refractivity (Wildman–Crippen MR) is 79.9 cm³/mol. The van der Waals surface area contributed by atoms with Crippen LogP contribution in [0.25, 0.3) is 0 Å². The van der Waals surface area contributed by atoms with Crippen LogP contribution in [-0.4, -0.2) is 42.4 Å². The Balaban J connectivity index is 2.62. The lowest BCUT2D eigenvalue weighted by Gasteiger charge is -2.23. The highest BCUT2D eigenvalue weighted by Gasteiger charge is 2.13. The van der Waals surface area contributed by atoms with E-state index in [4.69, 9.17) is 5.73 Å². The lowest BCUT2D eigenvalue weighted by Crippen LogP contribution is -2.38. The third-order valence-electron chi connectivity index (χ3n) is 3.45. The number of rotatable bonds is 6. The molecule has 0 saturated heterocycles. The minimum Gasteiger partial charge on any atom is -0.399 e. The molecule has 0 unspecified atom stereocenters. The van der Waals surface area contributed by atoms with Gasteiger partial charge in [-0.05, 0) is 45.0 Å². The summed E-state index contributed by atoms with van der Waals surface area (Å²) in [5.74, 6) is 0.175. The highest BCUT2D eigenvalue weighted by Crippen LogP contribution is 2.16. The largest absolute Gasteiger partial charge is 0.399 e. The molecule has 2 N–H and O–H groups in total. The second-order valence-electron chi connectivity index (χ2n) is 4.87. The third-order valence-corrected chi connectivity index (χ3v) is 3.45. The Morgan fingerprint density at radius 1 is 1.26 bits per heavy atom. The molecular weight excluding hydrogens is 238 g/mol. The molecule has 0 bridgehead atoms. The second kappa shape index (κ2) is 7.14. The van der Waals surface area contributed by atoms with Crippen molar-refractivity contribution in [2.24, 2.45) is 0 Å². The number of nitrogens with two attached hydrogens (primary N) is 1. The van der Waals surface area contributed by atoms with Gasteiger partial charge in [-0.25, -0.2) is 0 Å². The molecule has 19 heavy (non-hydrogen) atoms. The van der Waals surface area contributed by atoms with E-state index in [9.17, 15) is 4.79 Å². The minimum atomic E-state index is 0.175. The van der Waals surface area contributed by atoms with Crippen LogP contribution >= 0.6 is 0 Å². The summed E-state index contributed by atoms with van der Waals surface area (Å²) >= 11 is 0. The minimum absolute atomic E-state index is 0.175. The van der Waals surface area contributed by atoms with Gasteiger partial charge in [-0.2, -0.15) is 0 Å². The van der Waals surface area contributed by atoms with E-state index in [1.54, 1.807) is 0 Å². The van der Waals surface area contributed by atoms with Crippen molar-refractivity contribution in [1.82, 2.24) is 9.80 Å². The molecule has 0 atom stereocenters. The van der Waals surface area contributed by atoms with Gasteiger partial charge in [0.1, 0.15) is 0 Å². The Hall–Kier alpha value is -1.55.